The maximum atomic E-state index is 6.13. The van der Waals surface area contributed by atoms with Crippen molar-refractivity contribution in [1.82, 2.24) is 9.55 Å². The van der Waals surface area contributed by atoms with Crippen molar-refractivity contribution in [3.8, 4) is 5.75 Å². The number of rotatable bonds is 7. The first-order valence-corrected chi connectivity index (χ1v) is 10.0. The van der Waals surface area contributed by atoms with Crippen LogP contribution in [0.25, 0.3) is 11.0 Å². The monoisotopic (exact) mass is 364 g/mol. The van der Waals surface area contributed by atoms with E-state index in [9.17, 15) is 0 Å². The maximum Gasteiger partial charge on any atom is 0.122 e. The number of aryl methyl sites for hydroxylation is 5. The van der Waals surface area contributed by atoms with Crippen LogP contribution < -0.4 is 4.74 Å². The fraction of sp³-hybridized carbons (Fsp3) is 0.458. The molecule has 0 aliphatic carbocycles. The van der Waals surface area contributed by atoms with Crippen LogP contribution in [0.3, 0.4) is 0 Å². The zero-order chi connectivity index (χ0) is 19.6. The summed E-state index contributed by atoms with van der Waals surface area (Å²) < 4.78 is 8.47. The largest absolute Gasteiger partial charge is 0.493 e. The van der Waals surface area contributed by atoms with E-state index in [0.717, 1.165) is 43.1 Å². The Labute approximate surface area is 163 Å². The molecule has 0 spiro atoms. The fourth-order valence-electron chi connectivity index (χ4n) is 3.58. The molecule has 0 saturated heterocycles. The van der Waals surface area contributed by atoms with E-state index in [-0.39, 0.29) is 0 Å². The number of imidazole rings is 1. The van der Waals surface area contributed by atoms with Crippen LogP contribution in [0, 0.1) is 27.7 Å². The molecule has 3 rings (SSSR count). The number of hydrogen-bond acceptors (Lipinski definition) is 2. The minimum absolute atomic E-state index is 0.479. The number of aromatic nitrogens is 2. The molecular weight excluding hydrogens is 332 g/mol. The topological polar surface area (TPSA) is 27.1 Å². The highest BCUT2D eigenvalue weighted by Gasteiger charge is 2.10. The summed E-state index contributed by atoms with van der Waals surface area (Å²) in [6, 6.07) is 11.0. The second-order valence-corrected chi connectivity index (χ2v) is 7.99. The average molecular weight is 365 g/mol. The van der Waals surface area contributed by atoms with Gasteiger partial charge in [-0.3, -0.25) is 0 Å². The van der Waals surface area contributed by atoms with E-state index in [0.29, 0.717) is 5.92 Å². The van der Waals surface area contributed by atoms with Gasteiger partial charge in [0.1, 0.15) is 11.6 Å². The zero-order valence-electron chi connectivity index (χ0n) is 17.6. The number of nitrogens with zero attached hydrogens (tertiary/aromatic N) is 2. The molecule has 1 heterocycles. The van der Waals surface area contributed by atoms with Gasteiger partial charge in [0.15, 0.2) is 0 Å². The second kappa shape index (κ2) is 8.16. The van der Waals surface area contributed by atoms with Gasteiger partial charge in [0, 0.05) is 6.54 Å². The zero-order valence-corrected chi connectivity index (χ0v) is 17.6. The molecule has 0 amide bonds. The first-order chi connectivity index (χ1) is 12.9. The third-order valence-corrected chi connectivity index (χ3v) is 5.38. The summed E-state index contributed by atoms with van der Waals surface area (Å²) >= 11 is 0. The van der Waals surface area contributed by atoms with Gasteiger partial charge in [-0.2, -0.15) is 0 Å². The summed E-state index contributed by atoms with van der Waals surface area (Å²) in [4.78, 5) is 4.73. The van der Waals surface area contributed by atoms with Crippen molar-refractivity contribution in [1.29, 1.82) is 0 Å². The highest BCUT2D eigenvalue weighted by Crippen LogP contribution is 2.27. The van der Waals surface area contributed by atoms with Gasteiger partial charge in [0.25, 0.3) is 0 Å². The van der Waals surface area contributed by atoms with E-state index in [1.165, 1.54) is 27.8 Å². The normalized spacial score (nSPS) is 11.5. The summed E-state index contributed by atoms with van der Waals surface area (Å²) in [6.07, 6.45) is 2.12. The molecule has 3 aromatic rings. The quantitative estimate of drug-likeness (QED) is 0.463. The predicted octanol–water partition coefficient (Wildman–Crippen LogP) is 6.25. The SMILES string of the molecule is Cc1ccc(C(C)C)c(OCCCCn2c(C)nc3cc(C)c(C)cc32)c1. The number of unbranched alkanes of at least 4 members (excludes halogenated alkanes) is 1. The molecule has 0 aliphatic rings. The van der Waals surface area contributed by atoms with Crippen LogP contribution >= 0.6 is 0 Å². The number of benzene rings is 2. The smallest absolute Gasteiger partial charge is 0.122 e. The Morgan fingerprint density at radius 1 is 0.963 bits per heavy atom. The molecule has 0 fully saturated rings. The lowest BCUT2D eigenvalue weighted by molar-refractivity contribution is 0.299. The van der Waals surface area contributed by atoms with Crippen molar-refractivity contribution in [2.75, 3.05) is 6.61 Å². The van der Waals surface area contributed by atoms with E-state index in [1.54, 1.807) is 0 Å². The molecule has 1 aromatic heterocycles. The molecule has 3 nitrogen and oxygen atoms in total. The first kappa shape index (κ1) is 19.5. The van der Waals surface area contributed by atoms with Crippen molar-refractivity contribution in [2.45, 2.75) is 66.8 Å². The minimum Gasteiger partial charge on any atom is -0.493 e. The Morgan fingerprint density at radius 2 is 1.70 bits per heavy atom. The predicted molar refractivity (Wildman–Crippen MR) is 114 cm³/mol. The Kier molecular flexibility index (Phi) is 5.88. The van der Waals surface area contributed by atoms with Crippen molar-refractivity contribution in [3.63, 3.8) is 0 Å². The van der Waals surface area contributed by atoms with Crippen LogP contribution in [0.1, 0.15) is 60.7 Å². The fourth-order valence-corrected chi connectivity index (χ4v) is 3.58. The lowest BCUT2D eigenvalue weighted by Gasteiger charge is -2.15. The van der Waals surface area contributed by atoms with E-state index in [1.807, 2.05) is 0 Å². The van der Waals surface area contributed by atoms with E-state index in [2.05, 4.69) is 76.4 Å². The molecule has 0 bridgehead atoms. The molecule has 2 aromatic carbocycles. The summed E-state index contributed by atoms with van der Waals surface area (Å²) in [5.74, 6) is 2.62. The molecule has 0 unspecified atom stereocenters. The Balaban J connectivity index is 1.60. The van der Waals surface area contributed by atoms with Gasteiger partial charge in [-0.1, -0.05) is 26.0 Å². The molecule has 0 atom stereocenters. The molecule has 0 radical (unpaired) electrons. The lowest BCUT2D eigenvalue weighted by atomic mass is 10.0. The van der Waals surface area contributed by atoms with Crippen LogP contribution in [0.4, 0.5) is 0 Å². The highest BCUT2D eigenvalue weighted by molar-refractivity contribution is 5.78. The Hall–Kier alpha value is -2.29. The maximum absolute atomic E-state index is 6.13. The van der Waals surface area contributed by atoms with Crippen molar-refractivity contribution < 1.29 is 4.74 Å². The highest BCUT2D eigenvalue weighted by atomic mass is 16.5. The van der Waals surface area contributed by atoms with Gasteiger partial charge in [-0.25, -0.2) is 4.98 Å². The van der Waals surface area contributed by atoms with Crippen LogP contribution in [-0.4, -0.2) is 16.2 Å². The van der Waals surface area contributed by atoms with Gasteiger partial charge >= 0.3 is 0 Å². The standard InChI is InChI=1S/C24H32N2O/c1-16(2)21-10-9-17(3)13-24(21)27-12-8-7-11-26-20(6)25-22-14-18(4)19(5)15-23(22)26/h9-10,13-16H,7-8,11-12H2,1-6H3. The molecular formula is C24H32N2O. The van der Waals surface area contributed by atoms with Crippen molar-refractivity contribution in [3.05, 3.63) is 58.4 Å². The van der Waals surface area contributed by atoms with Gasteiger partial charge < -0.3 is 9.30 Å². The number of ether oxygens (including phenoxy) is 1. The van der Waals surface area contributed by atoms with E-state index in [4.69, 9.17) is 9.72 Å². The van der Waals surface area contributed by atoms with E-state index >= 15 is 0 Å². The van der Waals surface area contributed by atoms with Crippen molar-refractivity contribution in [2.24, 2.45) is 0 Å². The third kappa shape index (κ3) is 4.35. The van der Waals surface area contributed by atoms with E-state index < -0.39 is 0 Å². The van der Waals surface area contributed by atoms with Gasteiger partial charge in [-0.15, -0.1) is 0 Å². The molecule has 0 N–H and O–H groups in total. The van der Waals surface area contributed by atoms with Gasteiger partial charge in [0.2, 0.25) is 0 Å². The Morgan fingerprint density at radius 3 is 2.44 bits per heavy atom. The molecule has 144 valence electrons. The van der Waals surface area contributed by atoms with Crippen LogP contribution in [-0.2, 0) is 6.54 Å². The molecule has 27 heavy (non-hydrogen) atoms. The summed E-state index contributed by atoms with van der Waals surface area (Å²) in [7, 11) is 0. The number of hydrogen-bond donors (Lipinski definition) is 0. The molecule has 3 heteroatoms. The second-order valence-electron chi connectivity index (χ2n) is 7.99. The Bertz CT molecular complexity index is 937. The molecule has 0 saturated carbocycles. The lowest BCUT2D eigenvalue weighted by Crippen LogP contribution is -2.05. The van der Waals surface area contributed by atoms with Crippen LogP contribution in [0.2, 0.25) is 0 Å². The van der Waals surface area contributed by atoms with Crippen LogP contribution in [0.15, 0.2) is 30.3 Å². The minimum atomic E-state index is 0.479. The summed E-state index contributed by atoms with van der Waals surface area (Å²) in [5.41, 5.74) is 7.53. The number of fused-ring (bicyclic) bond motifs is 1. The first-order valence-electron chi connectivity index (χ1n) is 10.0. The molecule has 0 aliphatic heterocycles. The van der Waals surface area contributed by atoms with Gasteiger partial charge in [-0.05, 0) is 86.9 Å². The third-order valence-electron chi connectivity index (χ3n) is 5.38. The average Bonchev–Trinajstić information content (AvgIpc) is 2.89. The van der Waals surface area contributed by atoms with Crippen molar-refractivity contribution >= 4 is 11.0 Å². The summed E-state index contributed by atoms with van der Waals surface area (Å²) in [6.45, 7) is 14.7. The summed E-state index contributed by atoms with van der Waals surface area (Å²) in [5, 5.41) is 0. The van der Waals surface area contributed by atoms with Gasteiger partial charge in [0.05, 0.1) is 17.6 Å². The van der Waals surface area contributed by atoms with Crippen LogP contribution in [0.5, 0.6) is 5.75 Å².